The van der Waals surface area contributed by atoms with Crippen molar-refractivity contribution in [3.05, 3.63) is 217 Å². The lowest BCUT2D eigenvalue weighted by Crippen LogP contribution is -2.11. The summed E-state index contributed by atoms with van der Waals surface area (Å²) in [6.45, 7) is 7.90. The average molecular weight is 697 g/mol. The van der Waals surface area contributed by atoms with Gasteiger partial charge in [-0.25, -0.2) is 0 Å². The fraction of sp³-hybridized carbons (Fsp3) is 0.0392. The van der Waals surface area contributed by atoms with Gasteiger partial charge in [0.05, 0.1) is 12.0 Å². The van der Waals surface area contributed by atoms with Gasteiger partial charge in [0, 0.05) is 28.2 Å². The zero-order chi connectivity index (χ0) is 36.9. The zero-order valence-electron chi connectivity index (χ0n) is 30.1. The monoisotopic (exact) mass is 696 g/mol. The summed E-state index contributed by atoms with van der Waals surface area (Å²) in [6.07, 6.45) is 9.85. The lowest BCUT2D eigenvalue weighted by atomic mass is 9.86. The van der Waals surface area contributed by atoms with Crippen molar-refractivity contribution in [3.8, 4) is 22.3 Å². The normalized spacial score (nSPS) is 12.7. The smallest absolute Gasteiger partial charge is 0.0876 e. The summed E-state index contributed by atoms with van der Waals surface area (Å²) in [4.78, 5) is 6.45. The second kappa shape index (κ2) is 15.3. The number of allylic oxidation sites excluding steroid dienone is 4. The van der Waals surface area contributed by atoms with E-state index in [2.05, 4.69) is 169 Å². The van der Waals surface area contributed by atoms with E-state index in [-0.39, 0.29) is 0 Å². The Kier molecular flexibility index (Phi) is 9.69. The number of anilines is 3. The van der Waals surface area contributed by atoms with Gasteiger partial charge < -0.3 is 10.0 Å². The van der Waals surface area contributed by atoms with Crippen molar-refractivity contribution in [2.45, 2.75) is 12.8 Å². The highest BCUT2D eigenvalue weighted by molar-refractivity contribution is 5.96. The predicted octanol–water partition coefficient (Wildman–Crippen LogP) is 14.0. The third kappa shape index (κ3) is 6.83. The molecule has 0 saturated heterocycles. The molecule has 0 fully saturated rings. The van der Waals surface area contributed by atoms with E-state index in [9.17, 15) is 5.11 Å². The van der Waals surface area contributed by atoms with Crippen LogP contribution >= 0.6 is 0 Å². The first-order chi connectivity index (χ1) is 26.6. The van der Waals surface area contributed by atoms with Crippen molar-refractivity contribution in [3.63, 3.8) is 0 Å². The molecule has 54 heavy (non-hydrogen) atoms. The van der Waals surface area contributed by atoms with Crippen molar-refractivity contribution in [1.82, 2.24) is 0 Å². The van der Waals surface area contributed by atoms with Crippen molar-refractivity contribution >= 4 is 51.4 Å². The lowest BCUT2D eigenvalue weighted by Gasteiger charge is -2.28. The molecule has 1 aliphatic carbocycles. The van der Waals surface area contributed by atoms with Gasteiger partial charge in [0.1, 0.15) is 0 Å². The molecule has 7 aromatic carbocycles. The molecular weight excluding hydrogens is 657 g/mol. The van der Waals surface area contributed by atoms with Gasteiger partial charge >= 0.3 is 0 Å². The summed E-state index contributed by atoms with van der Waals surface area (Å²) in [7, 11) is 0. The minimum absolute atomic E-state index is 0.547. The molecule has 260 valence electrons. The fourth-order valence-electron chi connectivity index (χ4n) is 7.36. The second-order valence-electron chi connectivity index (χ2n) is 13.4. The molecule has 3 nitrogen and oxygen atoms in total. The SMILES string of the molecule is C=NC(=C)c1ccccc1/C(=C\O)c1cc(N(c2ccc(-c3ccccc3)cc2)c2ccc3cc(-c4ccccc4)ccc3c2)ccc1C1=CCCC=C1. The molecule has 0 bridgehead atoms. The van der Waals surface area contributed by atoms with Crippen LogP contribution in [0.5, 0.6) is 0 Å². The summed E-state index contributed by atoms with van der Waals surface area (Å²) in [6, 6.07) is 57.4. The molecule has 0 amide bonds. The van der Waals surface area contributed by atoms with E-state index in [1.807, 2.05) is 36.4 Å². The molecule has 0 radical (unpaired) electrons. The fourth-order valence-corrected chi connectivity index (χ4v) is 7.36. The highest BCUT2D eigenvalue weighted by Gasteiger charge is 2.21. The summed E-state index contributed by atoms with van der Waals surface area (Å²) in [5.74, 6) is 0. The summed E-state index contributed by atoms with van der Waals surface area (Å²) in [5, 5.41) is 13.4. The van der Waals surface area contributed by atoms with Crippen molar-refractivity contribution in [2.24, 2.45) is 4.99 Å². The highest BCUT2D eigenvalue weighted by atomic mass is 16.2. The van der Waals surface area contributed by atoms with Crippen molar-refractivity contribution < 1.29 is 5.11 Å². The van der Waals surface area contributed by atoms with Gasteiger partial charge in [-0.3, -0.25) is 4.99 Å². The van der Waals surface area contributed by atoms with E-state index >= 15 is 0 Å². The minimum atomic E-state index is 0.547. The van der Waals surface area contributed by atoms with E-state index in [0.717, 1.165) is 68.7 Å². The van der Waals surface area contributed by atoms with Crippen molar-refractivity contribution in [2.75, 3.05) is 4.90 Å². The molecule has 1 N–H and O–H groups in total. The summed E-state index contributed by atoms with van der Waals surface area (Å²) in [5.41, 5.74) is 13.6. The summed E-state index contributed by atoms with van der Waals surface area (Å²) >= 11 is 0. The number of benzene rings is 7. The van der Waals surface area contributed by atoms with Gasteiger partial charge in [-0.05, 0) is 117 Å². The molecule has 0 aromatic heterocycles. The minimum Gasteiger partial charge on any atom is -0.515 e. The lowest BCUT2D eigenvalue weighted by molar-refractivity contribution is 0.476. The average Bonchev–Trinajstić information content (AvgIpc) is 3.25. The number of rotatable bonds is 10. The molecule has 0 unspecified atom stereocenters. The van der Waals surface area contributed by atoms with Crippen LogP contribution < -0.4 is 4.90 Å². The Morgan fingerprint density at radius 3 is 1.81 bits per heavy atom. The molecule has 3 heteroatoms. The van der Waals surface area contributed by atoms with Crippen LogP contribution in [0.1, 0.15) is 35.1 Å². The predicted molar refractivity (Wildman–Crippen MR) is 231 cm³/mol. The molecular formula is C51H40N2O. The van der Waals surface area contributed by atoms with Gasteiger partial charge in [-0.1, -0.05) is 146 Å². The Labute approximate surface area is 317 Å². The van der Waals surface area contributed by atoms with E-state index in [1.54, 1.807) is 0 Å². The first kappa shape index (κ1) is 34.1. The second-order valence-corrected chi connectivity index (χ2v) is 13.4. The quantitative estimate of drug-likeness (QED) is 0.114. The Bertz CT molecular complexity index is 2580. The number of fused-ring (bicyclic) bond motifs is 1. The first-order valence-corrected chi connectivity index (χ1v) is 18.3. The van der Waals surface area contributed by atoms with Crippen LogP contribution in [0.4, 0.5) is 17.1 Å². The molecule has 7 aromatic rings. The van der Waals surface area contributed by atoms with Crippen LogP contribution in [-0.2, 0) is 0 Å². The molecule has 1 aliphatic rings. The number of aliphatic hydroxyl groups excluding tert-OH is 1. The van der Waals surface area contributed by atoms with Crippen LogP contribution in [0.2, 0.25) is 0 Å². The largest absolute Gasteiger partial charge is 0.515 e. The third-order valence-electron chi connectivity index (χ3n) is 10.1. The number of aliphatic hydroxyl groups is 1. The zero-order valence-corrected chi connectivity index (χ0v) is 30.1. The van der Waals surface area contributed by atoms with Crippen LogP contribution in [0.25, 0.3) is 49.9 Å². The topological polar surface area (TPSA) is 35.8 Å². The van der Waals surface area contributed by atoms with E-state index in [1.165, 1.54) is 28.3 Å². The van der Waals surface area contributed by atoms with Crippen LogP contribution in [0.3, 0.4) is 0 Å². The maximum atomic E-state index is 11.1. The van der Waals surface area contributed by atoms with Gasteiger partial charge in [-0.2, -0.15) is 0 Å². The Morgan fingerprint density at radius 1 is 0.556 bits per heavy atom. The molecule has 8 rings (SSSR count). The number of nitrogens with zero attached hydrogens (tertiary/aromatic N) is 2. The van der Waals surface area contributed by atoms with Crippen molar-refractivity contribution in [1.29, 1.82) is 0 Å². The Morgan fingerprint density at radius 2 is 1.13 bits per heavy atom. The van der Waals surface area contributed by atoms with Gasteiger partial charge in [0.15, 0.2) is 0 Å². The third-order valence-corrected chi connectivity index (χ3v) is 10.1. The number of aliphatic imine (C=N–C) groups is 1. The Balaban J connectivity index is 1.31. The van der Waals surface area contributed by atoms with E-state index in [0.29, 0.717) is 11.3 Å². The Hall–Kier alpha value is -6.97. The molecule has 0 atom stereocenters. The van der Waals surface area contributed by atoms with Gasteiger partial charge in [-0.15, -0.1) is 0 Å². The molecule has 0 spiro atoms. The van der Waals surface area contributed by atoms with E-state index < -0.39 is 0 Å². The molecule has 0 saturated carbocycles. The van der Waals surface area contributed by atoms with Crippen LogP contribution in [-0.4, -0.2) is 11.8 Å². The number of hydrogen-bond donors (Lipinski definition) is 1. The maximum absolute atomic E-state index is 11.1. The van der Waals surface area contributed by atoms with Crippen LogP contribution in [0.15, 0.2) is 200 Å². The van der Waals surface area contributed by atoms with E-state index in [4.69, 9.17) is 0 Å². The number of hydrogen-bond acceptors (Lipinski definition) is 3. The van der Waals surface area contributed by atoms with Crippen LogP contribution in [0, 0.1) is 0 Å². The standard InChI is InChI=1S/C51H40N2O/c1-36(52-2)47-20-12-13-21-49(47)51(35-54)50-34-46(30-31-48(50)40-18-10-5-11-19-40)53(44-27-24-39(25-28-44)37-14-6-3-7-15-37)45-29-26-42-32-41(22-23-43(42)33-45)38-16-8-4-9-17-38/h3-4,6-10,12-35,54H,1-2,5,11H2/b51-35+. The maximum Gasteiger partial charge on any atom is 0.0876 e. The van der Waals surface area contributed by atoms with Gasteiger partial charge in [0.2, 0.25) is 0 Å². The highest BCUT2D eigenvalue weighted by Crippen LogP contribution is 2.42. The summed E-state index contributed by atoms with van der Waals surface area (Å²) < 4.78 is 0. The molecule has 0 heterocycles. The molecule has 0 aliphatic heterocycles. The van der Waals surface area contributed by atoms with Gasteiger partial charge in [0.25, 0.3) is 0 Å². The first-order valence-electron chi connectivity index (χ1n) is 18.3.